The standard InChI is InChI=1S/C15H30N2O2/c1-4-5-6-7-8-11-17-12-9-10-14(13-17)19-15(18)16(2)3/h14H,4-13H2,1-3H3/t14-/m1/s1. The average molecular weight is 270 g/mol. The summed E-state index contributed by atoms with van der Waals surface area (Å²) in [5, 5.41) is 0. The van der Waals surface area contributed by atoms with Crippen molar-refractivity contribution in [3.8, 4) is 0 Å². The molecular formula is C15H30N2O2. The molecule has 1 amide bonds. The molecular weight excluding hydrogens is 240 g/mol. The van der Waals surface area contributed by atoms with Crippen molar-refractivity contribution in [2.45, 2.75) is 58.0 Å². The fourth-order valence-electron chi connectivity index (χ4n) is 2.50. The molecule has 0 spiro atoms. The normalized spacial score (nSPS) is 20.3. The molecule has 1 aliphatic rings. The van der Waals surface area contributed by atoms with E-state index in [9.17, 15) is 4.79 Å². The van der Waals surface area contributed by atoms with Crippen molar-refractivity contribution < 1.29 is 9.53 Å². The van der Waals surface area contributed by atoms with Gasteiger partial charge >= 0.3 is 6.09 Å². The molecule has 0 aromatic heterocycles. The number of carbonyl (C=O) groups excluding carboxylic acids is 1. The molecule has 19 heavy (non-hydrogen) atoms. The maximum absolute atomic E-state index is 11.5. The van der Waals surface area contributed by atoms with Gasteiger partial charge in [0.25, 0.3) is 0 Å². The van der Waals surface area contributed by atoms with Gasteiger partial charge in [-0.1, -0.05) is 32.6 Å². The second-order valence-corrected chi connectivity index (χ2v) is 5.76. The smallest absolute Gasteiger partial charge is 0.409 e. The first-order chi connectivity index (χ1) is 9.13. The van der Waals surface area contributed by atoms with Gasteiger partial charge in [-0.3, -0.25) is 4.90 Å². The third kappa shape index (κ3) is 6.81. The van der Waals surface area contributed by atoms with Crippen LogP contribution >= 0.6 is 0 Å². The van der Waals surface area contributed by atoms with Gasteiger partial charge in [0, 0.05) is 20.6 Å². The molecule has 1 saturated heterocycles. The first-order valence-electron chi connectivity index (χ1n) is 7.73. The largest absolute Gasteiger partial charge is 0.445 e. The Morgan fingerprint density at radius 2 is 2.00 bits per heavy atom. The van der Waals surface area contributed by atoms with Crippen molar-refractivity contribution in [2.24, 2.45) is 0 Å². The Morgan fingerprint density at radius 1 is 1.26 bits per heavy atom. The van der Waals surface area contributed by atoms with E-state index in [0.717, 1.165) is 32.5 Å². The fraction of sp³-hybridized carbons (Fsp3) is 0.933. The monoisotopic (exact) mass is 270 g/mol. The van der Waals surface area contributed by atoms with Gasteiger partial charge in [0.15, 0.2) is 0 Å². The molecule has 0 aromatic rings. The van der Waals surface area contributed by atoms with Crippen molar-refractivity contribution in [3.63, 3.8) is 0 Å². The van der Waals surface area contributed by atoms with Crippen molar-refractivity contribution in [1.29, 1.82) is 0 Å². The number of hydrogen-bond donors (Lipinski definition) is 0. The zero-order valence-electron chi connectivity index (χ0n) is 12.9. The van der Waals surface area contributed by atoms with Gasteiger partial charge in [0.2, 0.25) is 0 Å². The van der Waals surface area contributed by atoms with Gasteiger partial charge < -0.3 is 9.64 Å². The van der Waals surface area contributed by atoms with Crippen LogP contribution in [-0.2, 0) is 4.74 Å². The lowest BCUT2D eigenvalue weighted by Crippen LogP contribution is -2.42. The van der Waals surface area contributed by atoms with Gasteiger partial charge in [-0.05, 0) is 32.4 Å². The van der Waals surface area contributed by atoms with Crippen LogP contribution in [0.1, 0.15) is 51.9 Å². The molecule has 0 aromatic carbocycles. The van der Waals surface area contributed by atoms with Gasteiger partial charge in [-0.2, -0.15) is 0 Å². The molecule has 1 fully saturated rings. The molecule has 0 bridgehead atoms. The highest BCUT2D eigenvalue weighted by Gasteiger charge is 2.23. The number of carbonyl (C=O) groups is 1. The van der Waals surface area contributed by atoms with Crippen molar-refractivity contribution >= 4 is 6.09 Å². The van der Waals surface area contributed by atoms with E-state index in [0.29, 0.717) is 0 Å². The quantitative estimate of drug-likeness (QED) is 0.666. The highest BCUT2D eigenvalue weighted by Crippen LogP contribution is 2.15. The minimum atomic E-state index is -0.213. The summed E-state index contributed by atoms with van der Waals surface area (Å²) in [7, 11) is 3.47. The Bertz CT molecular complexity index is 257. The minimum Gasteiger partial charge on any atom is -0.445 e. The number of nitrogens with zero attached hydrogens (tertiary/aromatic N) is 2. The fourth-order valence-corrected chi connectivity index (χ4v) is 2.50. The zero-order valence-corrected chi connectivity index (χ0v) is 12.9. The zero-order chi connectivity index (χ0) is 14.1. The SMILES string of the molecule is CCCCCCCN1CCC[C@@H](OC(=O)N(C)C)C1. The van der Waals surface area contributed by atoms with Gasteiger partial charge in [-0.15, -0.1) is 0 Å². The molecule has 4 heteroatoms. The maximum Gasteiger partial charge on any atom is 0.409 e. The third-order valence-corrected chi connectivity index (χ3v) is 3.67. The number of amides is 1. The van der Waals surface area contributed by atoms with Crippen LogP contribution in [0.25, 0.3) is 0 Å². The lowest BCUT2D eigenvalue weighted by atomic mass is 10.1. The lowest BCUT2D eigenvalue weighted by molar-refractivity contribution is 0.0282. The van der Waals surface area contributed by atoms with Gasteiger partial charge in [0.1, 0.15) is 6.10 Å². The van der Waals surface area contributed by atoms with Crippen LogP contribution in [0.3, 0.4) is 0 Å². The van der Waals surface area contributed by atoms with Crippen LogP contribution in [0.5, 0.6) is 0 Å². The Morgan fingerprint density at radius 3 is 2.68 bits per heavy atom. The number of hydrogen-bond acceptors (Lipinski definition) is 3. The third-order valence-electron chi connectivity index (χ3n) is 3.67. The molecule has 1 heterocycles. The van der Waals surface area contributed by atoms with Crippen molar-refractivity contribution in [3.05, 3.63) is 0 Å². The Balaban J connectivity index is 2.17. The summed E-state index contributed by atoms with van der Waals surface area (Å²) < 4.78 is 5.47. The Hall–Kier alpha value is -0.770. The van der Waals surface area contributed by atoms with Crippen LogP contribution in [0.4, 0.5) is 4.79 Å². The van der Waals surface area contributed by atoms with Crippen molar-refractivity contribution in [2.75, 3.05) is 33.7 Å². The summed E-state index contributed by atoms with van der Waals surface area (Å²) in [6, 6.07) is 0. The molecule has 1 atom stereocenters. The Labute approximate surface area is 118 Å². The van der Waals surface area contributed by atoms with Crippen LogP contribution in [0.2, 0.25) is 0 Å². The molecule has 0 N–H and O–H groups in total. The van der Waals surface area contributed by atoms with Gasteiger partial charge in [-0.25, -0.2) is 4.79 Å². The molecule has 4 nitrogen and oxygen atoms in total. The molecule has 0 saturated carbocycles. The molecule has 1 rings (SSSR count). The summed E-state index contributed by atoms with van der Waals surface area (Å²) in [5.41, 5.74) is 0. The molecule has 0 radical (unpaired) electrons. The van der Waals surface area contributed by atoms with E-state index in [1.807, 2.05) is 0 Å². The van der Waals surface area contributed by atoms with E-state index >= 15 is 0 Å². The molecule has 0 aliphatic carbocycles. The van der Waals surface area contributed by atoms with Gasteiger partial charge in [0.05, 0.1) is 0 Å². The molecule has 0 unspecified atom stereocenters. The van der Waals surface area contributed by atoms with E-state index in [4.69, 9.17) is 4.74 Å². The summed E-state index contributed by atoms with van der Waals surface area (Å²) in [6.45, 7) is 5.46. The van der Waals surface area contributed by atoms with Crippen LogP contribution in [0.15, 0.2) is 0 Å². The number of ether oxygens (including phenoxy) is 1. The van der Waals surface area contributed by atoms with Crippen LogP contribution in [0, 0.1) is 0 Å². The van der Waals surface area contributed by atoms with E-state index in [2.05, 4.69) is 11.8 Å². The number of unbranched alkanes of at least 4 members (excludes halogenated alkanes) is 4. The molecule has 112 valence electrons. The second-order valence-electron chi connectivity index (χ2n) is 5.76. The maximum atomic E-state index is 11.5. The van der Waals surface area contributed by atoms with Crippen LogP contribution < -0.4 is 0 Å². The summed E-state index contributed by atoms with van der Waals surface area (Å²) in [6.07, 6.45) is 8.61. The lowest BCUT2D eigenvalue weighted by Gasteiger charge is -2.32. The number of rotatable bonds is 7. The summed E-state index contributed by atoms with van der Waals surface area (Å²) in [4.78, 5) is 15.5. The van der Waals surface area contributed by atoms with E-state index < -0.39 is 0 Å². The van der Waals surface area contributed by atoms with Crippen molar-refractivity contribution in [1.82, 2.24) is 9.80 Å². The minimum absolute atomic E-state index is 0.0827. The highest BCUT2D eigenvalue weighted by atomic mass is 16.6. The average Bonchev–Trinajstić information content (AvgIpc) is 2.39. The number of likely N-dealkylation sites (tertiary alicyclic amines) is 1. The highest BCUT2D eigenvalue weighted by molar-refractivity contribution is 5.66. The first kappa shape index (κ1) is 16.3. The van der Waals surface area contributed by atoms with E-state index in [1.54, 1.807) is 14.1 Å². The van der Waals surface area contributed by atoms with E-state index in [1.165, 1.54) is 37.0 Å². The van der Waals surface area contributed by atoms with Crippen LogP contribution in [-0.4, -0.2) is 55.7 Å². The predicted octanol–water partition coefficient (Wildman–Crippen LogP) is 3.12. The number of piperidine rings is 1. The summed E-state index contributed by atoms with van der Waals surface area (Å²) in [5.74, 6) is 0. The predicted molar refractivity (Wildman–Crippen MR) is 78.4 cm³/mol. The summed E-state index contributed by atoms with van der Waals surface area (Å²) >= 11 is 0. The molecule has 1 aliphatic heterocycles. The first-order valence-corrected chi connectivity index (χ1v) is 7.73. The van der Waals surface area contributed by atoms with E-state index in [-0.39, 0.29) is 12.2 Å². The Kier molecular flexibility index (Phi) is 7.87. The topological polar surface area (TPSA) is 32.8 Å². The second kappa shape index (κ2) is 9.18.